The maximum absolute atomic E-state index is 12.3. The number of nitrogens with one attached hydrogen (secondary N) is 1. The second-order valence-corrected chi connectivity index (χ2v) is 4.86. The summed E-state index contributed by atoms with van der Waals surface area (Å²) in [5.41, 5.74) is 4.12. The monoisotopic (exact) mass is 282 g/mol. The number of aliphatic hydroxyl groups excluding tert-OH is 1. The first-order valence-electron chi connectivity index (χ1n) is 6.67. The Morgan fingerprint density at radius 2 is 2.05 bits per heavy atom. The van der Waals surface area contributed by atoms with Crippen LogP contribution in [0.4, 0.5) is 5.69 Å². The minimum atomic E-state index is -0.182. The summed E-state index contributed by atoms with van der Waals surface area (Å²) in [4.78, 5) is 12.3. The lowest BCUT2D eigenvalue weighted by Crippen LogP contribution is -2.16. The molecule has 0 aliphatic heterocycles. The summed E-state index contributed by atoms with van der Waals surface area (Å²) in [6, 6.07) is 9.25. The number of amides is 1. The largest absolute Gasteiger partial charge is 0.384 e. The van der Waals surface area contributed by atoms with E-state index in [4.69, 9.17) is 5.11 Å². The Labute approximate surface area is 124 Å². The molecular weight excluding hydrogens is 264 g/mol. The molecule has 0 bridgehead atoms. The molecule has 1 amide bonds. The van der Waals surface area contributed by atoms with Crippen LogP contribution in [-0.2, 0) is 7.05 Å². The van der Waals surface area contributed by atoms with Crippen molar-refractivity contribution in [3.05, 3.63) is 52.8 Å². The third kappa shape index (κ3) is 3.33. The molecule has 1 aromatic heterocycles. The summed E-state index contributed by atoms with van der Waals surface area (Å²) in [7, 11) is 1.86. The molecule has 1 aromatic carbocycles. The Hall–Kier alpha value is -2.51. The van der Waals surface area contributed by atoms with E-state index >= 15 is 0 Å². The number of aromatic nitrogens is 1. The molecule has 0 spiro atoms. The van der Waals surface area contributed by atoms with Gasteiger partial charge >= 0.3 is 0 Å². The van der Waals surface area contributed by atoms with Gasteiger partial charge in [-0.05, 0) is 43.7 Å². The zero-order valence-electron chi connectivity index (χ0n) is 12.4. The van der Waals surface area contributed by atoms with E-state index < -0.39 is 0 Å². The first-order valence-corrected chi connectivity index (χ1v) is 6.67. The molecule has 0 saturated carbocycles. The Kier molecular flexibility index (Phi) is 4.46. The highest BCUT2D eigenvalue weighted by Crippen LogP contribution is 2.16. The zero-order valence-corrected chi connectivity index (χ0v) is 12.4. The van der Waals surface area contributed by atoms with Gasteiger partial charge in [-0.3, -0.25) is 4.79 Å². The molecule has 2 aromatic rings. The Balaban J connectivity index is 2.24. The smallest absolute Gasteiger partial charge is 0.272 e. The van der Waals surface area contributed by atoms with Crippen molar-refractivity contribution in [1.82, 2.24) is 4.57 Å². The molecular formula is C17H18N2O2. The molecule has 0 fully saturated rings. The summed E-state index contributed by atoms with van der Waals surface area (Å²) < 4.78 is 1.84. The van der Waals surface area contributed by atoms with Crippen LogP contribution in [0, 0.1) is 25.7 Å². The molecule has 4 heteroatoms. The van der Waals surface area contributed by atoms with Crippen LogP contribution in [0.3, 0.4) is 0 Å². The topological polar surface area (TPSA) is 54.3 Å². The summed E-state index contributed by atoms with van der Waals surface area (Å²) in [5, 5.41) is 11.6. The van der Waals surface area contributed by atoms with Gasteiger partial charge in [-0.1, -0.05) is 17.9 Å². The number of aryl methyl sites for hydroxylation is 2. The number of rotatable bonds is 2. The summed E-state index contributed by atoms with van der Waals surface area (Å²) in [6.45, 7) is 3.71. The number of carbonyl (C=O) groups excluding carboxylic acids is 1. The quantitative estimate of drug-likeness (QED) is 0.830. The lowest BCUT2D eigenvalue weighted by Gasteiger charge is -2.08. The van der Waals surface area contributed by atoms with E-state index in [1.54, 1.807) is 6.07 Å². The van der Waals surface area contributed by atoms with E-state index in [2.05, 4.69) is 17.2 Å². The van der Waals surface area contributed by atoms with Crippen molar-refractivity contribution < 1.29 is 9.90 Å². The molecule has 2 N–H and O–H groups in total. The lowest BCUT2D eigenvalue weighted by molar-refractivity contribution is 0.101. The predicted molar refractivity (Wildman–Crippen MR) is 83.2 cm³/mol. The van der Waals surface area contributed by atoms with E-state index in [9.17, 15) is 4.79 Å². The first-order chi connectivity index (χ1) is 10.0. The van der Waals surface area contributed by atoms with Crippen LogP contribution in [0.5, 0.6) is 0 Å². The lowest BCUT2D eigenvalue weighted by atomic mass is 10.1. The van der Waals surface area contributed by atoms with Crippen LogP contribution in [0.2, 0.25) is 0 Å². The molecule has 21 heavy (non-hydrogen) atoms. The van der Waals surface area contributed by atoms with Crippen LogP contribution in [0.25, 0.3) is 0 Å². The minimum absolute atomic E-state index is 0.157. The second kappa shape index (κ2) is 6.29. The standard InChI is InChI=1S/C17H18N2O2/c1-12-6-8-15(11-14(12)5-4-10-20)18-17(21)16-9-7-13(2)19(16)3/h6-9,11,20H,10H2,1-3H3,(H,18,21). The molecule has 0 unspecified atom stereocenters. The zero-order chi connectivity index (χ0) is 15.4. The van der Waals surface area contributed by atoms with E-state index in [-0.39, 0.29) is 12.5 Å². The van der Waals surface area contributed by atoms with Gasteiger partial charge in [0.1, 0.15) is 12.3 Å². The van der Waals surface area contributed by atoms with Crippen LogP contribution < -0.4 is 5.32 Å². The Morgan fingerprint density at radius 3 is 2.67 bits per heavy atom. The van der Waals surface area contributed by atoms with Crippen molar-refractivity contribution in [2.45, 2.75) is 13.8 Å². The molecule has 4 nitrogen and oxygen atoms in total. The number of aliphatic hydroxyl groups is 1. The van der Waals surface area contributed by atoms with Crippen LogP contribution in [0.1, 0.15) is 27.3 Å². The number of benzene rings is 1. The van der Waals surface area contributed by atoms with Crippen LogP contribution in [0.15, 0.2) is 30.3 Å². The van der Waals surface area contributed by atoms with E-state index in [0.29, 0.717) is 11.4 Å². The third-order valence-electron chi connectivity index (χ3n) is 3.40. The average molecular weight is 282 g/mol. The van der Waals surface area contributed by atoms with Gasteiger partial charge < -0.3 is 15.0 Å². The fourth-order valence-corrected chi connectivity index (χ4v) is 2.01. The number of hydrogen-bond donors (Lipinski definition) is 2. The van der Waals surface area contributed by atoms with E-state index in [1.807, 2.05) is 49.7 Å². The first kappa shape index (κ1) is 14.9. The summed E-state index contributed by atoms with van der Waals surface area (Å²) >= 11 is 0. The summed E-state index contributed by atoms with van der Waals surface area (Å²) in [6.07, 6.45) is 0. The van der Waals surface area contributed by atoms with E-state index in [0.717, 1.165) is 16.8 Å². The normalized spacial score (nSPS) is 9.90. The summed E-state index contributed by atoms with van der Waals surface area (Å²) in [5.74, 6) is 5.34. The number of anilines is 1. The molecule has 0 atom stereocenters. The van der Waals surface area contributed by atoms with Gasteiger partial charge in [-0.15, -0.1) is 0 Å². The maximum atomic E-state index is 12.3. The van der Waals surface area contributed by atoms with Gasteiger partial charge in [-0.25, -0.2) is 0 Å². The van der Waals surface area contributed by atoms with Gasteiger partial charge in [0.05, 0.1) is 0 Å². The molecule has 0 saturated heterocycles. The van der Waals surface area contributed by atoms with Gasteiger partial charge in [0, 0.05) is 24.0 Å². The maximum Gasteiger partial charge on any atom is 0.272 e. The molecule has 108 valence electrons. The van der Waals surface area contributed by atoms with Crippen molar-refractivity contribution >= 4 is 11.6 Å². The van der Waals surface area contributed by atoms with Gasteiger partial charge in [0.25, 0.3) is 5.91 Å². The molecule has 0 radical (unpaired) electrons. The van der Waals surface area contributed by atoms with Gasteiger partial charge in [0.15, 0.2) is 0 Å². The highest BCUT2D eigenvalue weighted by molar-refractivity contribution is 6.03. The minimum Gasteiger partial charge on any atom is -0.384 e. The molecule has 0 aliphatic rings. The molecule has 1 heterocycles. The third-order valence-corrected chi connectivity index (χ3v) is 3.40. The fraction of sp³-hybridized carbons (Fsp3) is 0.235. The van der Waals surface area contributed by atoms with Crippen molar-refractivity contribution in [2.75, 3.05) is 11.9 Å². The van der Waals surface area contributed by atoms with Crippen molar-refractivity contribution in [1.29, 1.82) is 0 Å². The number of hydrogen-bond acceptors (Lipinski definition) is 2. The number of nitrogens with zero attached hydrogens (tertiary/aromatic N) is 1. The van der Waals surface area contributed by atoms with Gasteiger partial charge in [-0.2, -0.15) is 0 Å². The van der Waals surface area contributed by atoms with Gasteiger partial charge in [0.2, 0.25) is 0 Å². The highest BCUT2D eigenvalue weighted by atomic mass is 16.2. The van der Waals surface area contributed by atoms with Crippen LogP contribution in [-0.4, -0.2) is 22.2 Å². The van der Waals surface area contributed by atoms with Crippen molar-refractivity contribution in [2.24, 2.45) is 7.05 Å². The van der Waals surface area contributed by atoms with E-state index in [1.165, 1.54) is 0 Å². The average Bonchev–Trinajstić information content (AvgIpc) is 2.79. The Bertz CT molecular complexity index is 733. The molecule has 2 rings (SSSR count). The second-order valence-electron chi connectivity index (χ2n) is 4.86. The van der Waals surface area contributed by atoms with Crippen molar-refractivity contribution in [3.63, 3.8) is 0 Å². The SMILES string of the molecule is Cc1ccc(NC(=O)c2ccc(C)n2C)cc1C#CCO. The highest BCUT2D eigenvalue weighted by Gasteiger charge is 2.11. The fourth-order valence-electron chi connectivity index (χ4n) is 2.01. The Morgan fingerprint density at radius 1 is 1.29 bits per heavy atom. The van der Waals surface area contributed by atoms with Crippen LogP contribution >= 0.6 is 0 Å². The predicted octanol–water partition coefficient (Wildman–Crippen LogP) is 2.24. The van der Waals surface area contributed by atoms with Crippen molar-refractivity contribution in [3.8, 4) is 11.8 Å². The number of carbonyl (C=O) groups is 1. The molecule has 0 aliphatic carbocycles.